The molecule has 0 saturated heterocycles. The summed E-state index contributed by atoms with van der Waals surface area (Å²) in [5.74, 6) is 1.07. The van der Waals surface area contributed by atoms with Crippen molar-refractivity contribution in [2.24, 2.45) is 11.1 Å². The standard InChI is InChI=1S/C14H22N2OS/c1-4-18-12-7-5-11(6-8-12)16-13(17)14(2,3)9-10-15/h5-8H,4,9-10,15H2,1-3H3,(H,16,17). The van der Waals surface area contributed by atoms with Crippen LogP contribution >= 0.6 is 11.8 Å². The Bertz CT molecular complexity index is 387. The number of nitrogens with two attached hydrogens (primary N) is 1. The summed E-state index contributed by atoms with van der Waals surface area (Å²) in [5.41, 5.74) is 5.93. The Morgan fingerprint density at radius 3 is 2.44 bits per heavy atom. The van der Waals surface area contributed by atoms with Gasteiger partial charge in [0.1, 0.15) is 0 Å². The lowest BCUT2D eigenvalue weighted by atomic mass is 9.88. The average molecular weight is 266 g/mol. The smallest absolute Gasteiger partial charge is 0.230 e. The zero-order chi connectivity index (χ0) is 13.6. The SMILES string of the molecule is CCSc1ccc(NC(=O)C(C)(C)CCN)cc1. The number of carbonyl (C=O) groups excluding carboxylic acids is 1. The number of hydrogen-bond donors (Lipinski definition) is 2. The minimum Gasteiger partial charge on any atom is -0.330 e. The van der Waals surface area contributed by atoms with Crippen molar-refractivity contribution < 1.29 is 4.79 Å². The molecule has 100 valence electrons. The molecule has 0 radical (unpaired) electrons. The summed E-state index contributed by atoms with van der Waals surface area (Å²) in [7, 11) is 0. The maximum absolute atomic E-state index is 12.1. The summed E-state index contributed by atoms with van der Waals surface area (Å²) in [4.78, 5) is 13.3. The van der Waals surface area contributed by atoms with E-state index in [9.17, 15) is 4.79 Å². The summed E-state index contributed by atoms with van der Waals surface area (Å²) in [6.07, 6.45) is 0.683. The van der Waals surface area contributed by atoms with E-state index in [1.54, 1.807) is 11.8 Å². The number of benzene rings is 1. The molecule has 18 heavy (non-hydrogen) atoms. The monoisotopic (exact) mass is 266 g/mol. The van der Waals surface area contributed by atoms with Crippen molar-refractivity contribution in [2.45, 2.75) is 32.1 Å². The summed E-state index contributed by atoms with van der Waals surface area (Å²) in [6.45, 7) is 6.47. The van der Waals surface area contributed by atoms with Crippen molar-refractivity contribution >= 4 is 23.4 Å². The van der Waals surface area contributed by atoms with Crippen LogP contribution in [-0.2, 0) is 4.79 Å². The molecule has 0 heterocycles. The number of rotatable bonds is 6. The molecule has 3 N–H and O–H groups in total. The van der Waals surface area contributed by atoms with Crippen molar-refractivity contribution in [3.8, 4) is 0 Å². The topological polar surface area (TPSA) is 55.1 Å². The van der Waals surface area contributed by atoms with Crippen molar-refractivity contribution in [1.29, 1.82) is 0 Å². The Hall–Kier alpha value is -1.00. The third-order valence-corrected chi connectivity index (χ3v) is 3.70. The van der Waals surface area contributed by atoms with E-state index in [4.69, 9.17) is 5.73 Å². The molecular weight excluding hydrogens is 244 g/mol. The third kappa shape index (κ3) is 4.35. The van der Waals surface area contributed by atoms with Crippen LogP contribution in [0.5, 0.6) is 0 Å². The van der Waals surface area contributed by atoms with Gasteiger partial charge in [-0.05, 0) is 43.0 Å². The molecule has 0 saturated carbocycles. The van der Waals surface area contributed by atoms with E-state index in [0.29, 0.717) is 13.0 Å². The molecule has 0 unspecified atom stereocenters. The Labute approximate surface area is 114 Å². The van der Waals surface area contributed by atoms with Crippen LogP contribution in [0, 0.1) is 5.41 Å². The highest BCUT2D eigenvalue weighted by molar-refractivity contribution is 7.99. The molecule has 3 nitrogen and oxygen atoms in total. The first-order chi connectivity index (χ1) is 8.49. The van der Waals surface area contributed by atoms with Gasteiger partial charge in [0.2, 0.25) is 5.91 Å². The third-order valence-electron chi connectivity index (χ3n) is 2.81. The van der Waals surface area contributed by atoms with Crippen molar-refractivity contribution in [2.75, 3.05) is 17.6 Å². The maximum Gasteiger partial charge on any atom is 0.230 e. The molecule has 4 heteroatoms. The fourth-order valence-corrected chi connectivity index (χ4v) is 2.24. The van der Waals surface area contributed by atoms with Crippen LogP contribution < -0.4 is 11.1 Å². The van der Waals surface area contributed by atoms with Gasteiger partial charge in [-0.15, -0.1) is 11.8 Å². The zero-order valence-corrected chi connectivity index (χ0v) is 12.1. The molecule has 1 aromatic rings. The van der Waals surface area contributed by atoms with Crippen LogP contribution in [0.4, 0.5) is 5.69 Å². The average Bonchev–Trinajstić information content (AvgIpc) is 2.32. The quantitative estimate of drug-likeness (QED) is 0.778. The number of carbonyl (C=O) groups is 1. The van der Waals surface area contributed by atoms with Crippen molar-refractivity contribution in [3.05, 3.63) is 24.3 Å². The largest absolute Gasteiger partial charge is 0.330 e. The second kappa shape index (κ2) is 6.81. The Kier molecular flexibility index (Phi) is 5.69. The number of thioether (sulfide) groups is 1. The summed E-state index contributed by atoms with van der Waals surface area (Å²) >= 11 is 1.79. The molecule has 0 bridgehead atoms. The molecule has 1 amide bonds. The van der Waals surface area contributed by atoms with Gasteiger partial charge < -0.3 is 11.1 Å². The Balaban J connectivity index is 2.64. The number of hydrogen-bond acceptors (Lipinski definition) is 3. The summed E-state index contributed by atoms with van der Waals surface area (Å²) < 4.78 is 0. The minimum atomic E-state index is -0.425. The fourth-order valence-electron chi connectivity index (χ4n) is 1.58. The zero-order valence-electron chi connectivity index (χ0n) is 11.3. The first-order valence-corrected chi connectivity index (χ1v) is 7.22. The van der Waals surface area contributed by atoms with E-state index in [-0.39, 0.29) is 5.91 Å². The second-order valence-electron chi connectivity index (χ2n) is 4.83. The molecule has 0 spiro atoms. The molecule has 0 atom stereocenters. The molecule has 0 aromatic heterocycles. The fraction of sp³-hybridized carbons (Fsp3) is 0.500. The van der Waals surface area contributed by atoms with Gasteiger partial charge in [-0.25, -0.2) is 0 Å². The lowest BCUT2D eigenvalue weighted by Crippen LogP contribution is -2.32. The van der Waals surface area contributed by atoms with Crippen LogP contribution in [0.25, 0.3) is 0 Å². The van der Waals surface area contributed by atoms with Gasteiger partial charge in [-0.2, -0.15) is 0 Å². The molecule has 0 aliphatic rings. The van der Waals surface area contributed by atoms with E-state index in [1.807, 2.05) is 38.1 Å². The Morgan fingerprint density at radius 2 is 1.94 bits per heavy atom. The van der Waals surface area contributed by atoms with Gasteiger partial charge in [0.15, 0.2) is 0 Å². The van der Waals surface area contributed by atoms with E-state index in [2.05, 4.69) is 12.2 Å². The van der Waals surface area contributed by atoms with Crippen molar-refractivity contribution in [3.63, 3.8) is 0 Å². The van der Waals surface area contributed by atoms with E-state index in [0.717, 1.165) is 11.4 Å². The van der Waals surface area contributed by atoms with Gasteiger partial charge >= 0.3 is 0 Å². The number of nitrogens with one attached hydrogen (secondary N) is 1. The van der Waals surface area contributed by atoms with E-state index >= 15 is 0 Å². The first-order valence-electron chi connectivity index (χ1n) is 6.24. The van der Waals surface area contributed by atoms with Gasteiger partial charge in [-0.1, -0.05) is 20.8 Å². The Morgan fingerprint density at radius 1 is 1.33 bits per heavy atom. The number of anilines is 1. The van der Waals surface area contributed by atoms with Crippen LogP contribution in [0.3, 0.4) is 0 Å². The first kappa shape index (κ1) is 15.1. The molecule has 0 aliphatic carbocycles. The lowest BCUT2D eigenvalue weighted by Gasteiger charge is -2.22. The van der Waals surface area contributed by atoms with Gasteiger partial charge in [-0.3, -0.25) is 4.79 Å². The highest BCUT2D eigenvalue weighted by atomic mass is 32.2. The molecule has 1 aromatic carbocycles. The maximum atomic E-state index is 12.1. The summed E-state index contributed by atoms with van der Waals surface area (Å²) in [6, 6.07) is 7.93. The van der Waals surface area contributed by atoms with Crippen molar-refractivity contribution in [1.82, 2.24) is 0 Å². The van der Waals surface area contributed by atoms with Gasteiger partial charge in [0.25, 0.3) is 0 Å². The molecule has 1 rings (SSSR count). The highest BCUT2D eigenvalue weighted by Crippen LogP contribution is 2.24. The van der Waals surface area contributed by atoms with Crippen LogP contribution in [-0.4, -0.2) is 18.2 Å². The lowest BCUT2D eigenvalue weighted by molar-refractivity contribution is -0.124. The second-order valence-corrected chi connectivity index (χ2v) is 6.17. The van der Waals surface area contributed by atoms with Crippen LogP contribution in [0.1, 0.15) is 27.2 Å². The summed E-state index contributed by atoms with van der Waals surface area (Å²) in [5, 5.41) is 2.93. The minimum absolute atomic E-state index is 0.0174. The molecule has 0 aliphatic heterocycles. The molecule has 0 fully saturated rings. The highest BCUT2D eigenvalue weighted by Gasteiger charge is 2.26. The predicted octanol–water partition coefficient (Wildman–Crippen LogP) is 3.11. The molecular formula is C14H22N2OS. The van der Waals surface area contributed by atoms with E-state index in [1.165, 1.54) is 4.90 Å². The van der Waals surface area contributed by atoms with Gasteiger partial charge in [0.05, 0.1) is 0 Å². The van der Waals surface area contributed by atoms with Crippen LogP contribution in [0.15, 0.2) is 29.2 Å². The number of amides is 1. The van der Waals surface area contributed by atoms with Crippen LogP contribution in [0.2, 0.25) is 0 Å². The predicted molar refractivity (Wildman–Crippen MR) is 78.9 cm³/mol. The van der Waals surface area contributed by atoms with Gasteiger partial charge in [0, 0.05) is 16.0 Å². The van der Waals surface area contributed by atoms with E-state index < -0.39 is 5.41 Å². The normalized spacial score (nSPS) is 11.3.